The lowest BCUT2D eigenvalue weighted by Crippen LogP contribution is -2.48. The summed E-state index contributed by atoms with van der Waals surface area (Å²) < 4.78 is 1.82. The number of benzene rings is 1. The van der Waals surface area contributed by atoms with E-state index in [1.54, 1.807) is 24.8 Å². The van der Waals surface area contributed by atoms with Gasteiger partial charge in [0.05, 0.1) is 29.5 Å². The summed E-state index contributed by atoms with van der Waals surface area (Å²) in [5.41, 5.74) is 2.20. The highest BCUT2D eigenvalue weighted by Gasteiger charge is 2.46. The lowest BCUT2D eigenvalue weighted by atomic mass is 10.1. The third-order valence-corrected chi connectivity index (χ3v) is 8.14. The second kappa shape index (κ2) is 9.78. The van der Waals surface area contributed by atoms with Crippen LogP contribution in [0, 0.1) is 0 Å². The van der Waals surface area contributed by atoms with E-state index in [1.165, 1.54) is 4.90 Å². The van der Waals surface area contributed by atoms with E-state index in [0.717, 1.165) is 61.2 Å². The van der Waals surface area contributed by atoms with E-state index in [2.05, 4.69) is 25.2 Å². The molecule has 3 aromatic heterocycles. The van der Waals surface area contributed by atoms with Crippen LogP contribution in [0.15, 0.2) is 55.1 Å². The van der Waals surface area contributed by atoms with Gasteiger partial charge >= 0.3 is 6.09 Å². The standard InChI is InChI=1S/C28H29N9O3/c38-27(34-10-2-1-3-11-34)18-4-5-22-23(12-18)37(33-26(22)32-24-15-29-8-9-30-24)19-6-7-31-25(14-19)35-16-21-13-20(35)17-36(21)28(39)40/h4-9,12,14-15,20-21H,1-3,10-11,13,16-17H2,(H,39,40)(H,30,32,33)/t20-,21-/m0/s1. The van der Waals surface area contributed by atoms with Crippen molar-refractivity contribution in [2.45, 2.75) is 37.8 Å². The highest BCUT2D eigenvalue weighted by atomic mass is 16.4. The largest absolute Gasteiger partial charge is 0.465 e. The number of nitrogens with zero attached hydrogens (tertiary/aromatic N) is 8. The number of likely N-dealkylation sites (tertiary alicyclic amines) is 2. The maximum absolute atomic E-state index is 13.4. The molecule has 40 heavy (non-hydrogen) atoms. The van der Waals surface area contributed by atoms with Crippen LogP contribution < -0.4 is 10.2 Å². The molecule has 2 atom stereocenters. The predicted molar refractivity (Wildman–Crippen MR) is 148 cm³/mol. The Kier molecular flexibility index (Phi) is 5.94. The number of hydrogen-bond acceptors (Lipinski definition) is 8. The van der Waals surface area contributed by atoms with Crippen LogP contribution in [0.25, 0.3) is 16.6 Å². The van der Waals surface area contributed by atoms with Crippen LogP contribution in [-0.2, 0) is 0 Å². The smallest absolute Gasteiger partial charge is 0.407 e. The Bertz CT molecular complexity index is 1580. The summed E-state index contributed by atoms with van der Waals surface area (Å²) in [5, 5.41) is 18.5. The second-order valence-corrected chi connectivity index (χ2v) is 10.6. The first-order chi connectivity index (χ1) is 19.5. The van der Waals surface area contributed by atoms with Crippen molar-refractivity contribution in [2.24, 2.45) is 0 Å². The van der Waals surface area contributed by atoms with Crippen LogP contribution in [-0.4, -0.2) is 89.9 Å². The highest BCUT2D eigenvalue weighted by Crippen LogP contribution is 2.35. The van der Waals surface area contributed by atoms with Crippen LogP contribution in [0.1, 0.15) is 36.0 Å². The molecular weight excluding hydrogens is 510 g/mol. The maximum Gasteiger partial charge on any atom is 0.407 e. The Morgan fingerprint density at radius 2 is 1.82 bits per heavy atom. The summed E-state index contributed by atoms with van der Waals surface area (Å²) in [4.78, 5) is 43.6. The van der Waals surface area contributed by atoms with Gasteiger partial charge in [-0.05, 0) is 49.9 Å². The summed E-state index contributed by atoms with van der Waals surface area (Å²) in [5.74, 6) is 1.98. The molecule has 0 aliphatic carbocycles. The first-order valence-corrected chi connectivity index (χ1v) is 13.6. The average Bonchev–Trinajstić information content (AvgIpc) is 3.71. The van der Waals surface area contributed by atoms with Gasteiger partial charge in [0.25, 0.3) is 5.91 Å². The number of fused-ring (bicyclic) bond motifs is 3. The molecule has 0 saturated carbocycles. The van der Waals surface area contributed by atoms with Crippen LogP contribution >= 0.6 is 0 Å². The Hall–Kier alpha value is -4.74. The van der Waals surface area contributed by atoms with Gasteiger partial charge in [0, 0.05) is 61.8 Å². The number of piperazine rings is 1. The molecule has 3 fully saturated rings. The zero-order chi connectivity index (χ0) is 27.2. The molecule has 12 heteroatoms. The molecule has 6 heterocycles. The first kappa shape index (κ1) is 24.3. The molecular formula is C28H29N9O3. The topological polar surface area (TPSA) is 133 Å². The van der Waals surface area contributed by atoms with Gasteiger partial charge < -0.3 is 25.1 Å². The number of carboxylic acid groups (broad SMARTS) is 1. The fourth-order valence-electron chi connectivity index (χ4n) is 6.18. The lowest BCUT2D eigenvalue weighted by molar-refractivity contribution is 0.0724. The Balaban J connectivity index is 1.27. The quantitative estimate of drug-likeness (QED) is 0.391. The molecule has 7 rings (SSSR count). The maximum atomic E-state index is 13.4. The normalized spacial score (nSPS) is 20.4. The van der Waals surface area contributed by atoms with E-state index in [1.807, 2.05) is 39.9 Å². The molecule has 2 N–H and O–H groups in total. The second-order valence-electron chi connectivity index (χ2n) is 10.6. The van der Waals surface area contributed by atoms with Crippen molar-refractivity contribution in [3.63, 3.8) is 0 Å². The van der Waals surface area contributed by atoms with E-state index in [0.29, 0.717) is 30.3 Å². The van der Waals surface area contributed by atoms with Gasteiger partial charge in [-0.1, -0.05) is 0 Å². The summed E-state index contributed by atoms with van der Waals surface area (Å²) in [7, 11) is 0. The van der Waals surface area contributed by atoms with Crippen LogP contribution in [0.3, 0.4) is 0 Å². The number of hydrogen-bond donors (Lipinski definition) is 2. The van der Waals surface area contributed by atoms with Gasteiger partial charge in [-0.15, -0.1) is 5.10 Å². The summed E-state index contributed by atoms with van der Waals surface area (Å²) in [6.07, 6.45) is 9.75. The van der Waals surface area contributed by atoms with Gasteiger partial charge in [0.1, 0.15) is 11.6 Å². The molecule has 2 bridgehead atoms. The van der Waals surface area contributed by atoms with Crippen molar-refractivity contribution in [3.8, 4) is 5.69 Å². The molecule has 2 amide bonds. The van der Waals surface area contributed by atoms with Gasteiger partial charge in [0.15, 0.2) is 5.82 Å². The molecule has 3 aliphatic heterocycles. The van der Waals surface area contributed by atoms with Crippen molar-refractivity contribution in [1.29, 1.82) is 0 Å². The van der Waals surface area contributed by atoms with Crippen molar-refractivity contribution >= 4 is 40.4 Å². The average molecular weight is 540 g/mol. The van der Waals surface area contributed by atoms with Gasteiger partial charge in [0.2, 0.25) is 0 Å². The molecule has 3 aliphatic rings. The number of carbonyl (C=O) groups excluding carboxylic acids is 1. The van der Waals surface area contributed by atoms with Crippen LogP contribution in [0.5, 0.6) is 0 Å². The SMILES string of the molecule is O=C(c1ccc2c(Nc3cnccn3)nn(-c3ccnc(N4C[C@@H]5C[C@H]4CN5C(=O)O)c3)c2c1)N1CCCCC1. The minimum absolute atomic E-state index is 0.0235. The van der Waals surface area contributed by atoms with Crippen molar-refractivity contribution in [3.05, 3.63) is 60.7 Å². The van der Waals surface area contributed by atoms with Gasteiger partial charge in [-0.25, -0.2) is 19.4 Å². The van der Waals surface area contributed by atoms with Crippen molar-refractivity contribution in [2.75, 3.05) is 36.4 Å². The molecule has 4 aromatic rings. The molecule has 204 valence electrons. The monoisotopic (exact) mass is 539 g/mol. The summed E-state index contributed by atoms with van der Waals surface area (Å²) in [6.45, 7) is 2.65. The third-order valence-electron chi connectivity index (χ3n) is 8.14. The Morgan fingerprint density at radius 1 is 0.950 bits per heavy atom. The summed E-state index contributed by atoms with van der Waals surface area (Å²) >= 11 is 0. The van der Waals surface area contributed by atoms with E-state index in [-0.39, 0.29) is 18.0 Å². The number of anilines is 3. The molecule has 12 nitrogen and oxygen atoms in total. The van der Waals surface area contributed by atoms with E-state index < -0.39 is 6.09 Å². The number of aromatic nitrogens is 5. The van der Waals surface area contributed by atoms with E-state index >= 15 is 0 Å². The Morgan fingerprint density at radius 3 is 2.58 bits per heavy atom. The predicted octanol–water partition coefficient (Wildman–Crippen LogP) is 3.52. The minimum atomic E-state index is -0.866. The number of pyridine rings is 1. The molecule has 3 saturated heterocycles. The van der Waals surface area contributed by atoms with Crippen LogP contribution in [0.4, 0.5) is 22.2 Å². The molecule has 0 radical (unpaired) electrons. The molecule has 0 unspecified atom stereocenters. The van der Waals surface area contributed by atoms with Crippen molar-refractivity contribution in [1.82, 2.24) is 34.5 Å². The number of carbonyl (C=O) groups is 2. The van der Waals surface area contributed by atoms with E-state index in [9.17, 15) is 14.7 Å². The Labute approximate surface area is 230 Å². The van der Waals surface area contributed by atoms with Crippen molar-refractivity contribution < 1.29 is 14.7 Å². The third kappa shape index (κ3) is 4.25. The lowest BCUT2D eigenvalue weighted by Gasteiger charge is -2.33. The molecule has 0 spiro atoms. The van der Waals surface area contributed by atoms with Gasteiger partial charge in [-0.2, -0.15) is 0 Å². The summed E-state index contributed by atoms with van der Waals surface area (Å²) in [6, 6.07) is 9.63. The van der Waals surface area contributed by atoms with E-state index in [4.69, 9.17) is 5.10 Å². The zero-order valence-electron chi connectivity index (χ0n) is 21.8. The fourth-order valence-corrected chi connectivity index (χ4v) is 6.18. The number of rotatable bonds is 5. The molecule has 1 aromatic carbocycles. The fraction of sp³-hybridized carbons (Fsp3) is 0.357. The highest BCUT2D eigenvalue weighted by molar-refractivity contribution is 6.01. The van der Waals surface area contributed by atoms with Crippen LogP contribution in [0.2, 0.25) is 0 Å². The number of piperidine rings is 1. The number of amides is 2. The van der Waals surface area contributed by atoms with Gasteiger partial charge in [-0.3, -0.25) is 9.78 Å². The number of nitrogens with one attached hydrogen (secondary N) is 1. The minimum Gasteiger partial charge on any atom is -0.465 e. The first-order valence-electron chi connectivity index (χ1n) is 13.6. The zero-order valence-corrected chi connectivity index (χ0v) is 21.8.